The summed E-state index contributed by atoms with van der Waals surface area (Å²) in [5.74, 6) is 1.40. The van der Waals surface area contributed by atoms with Crippen molar-refractivity contribution in [2.75, 3.05) is 20.8 Å². The lowest BCUT2D eigenvalue weighted by Gasteiger charge is -2.36. The van der Waals surface area contributed by atoms with Crippen LogP contribution in [0.15, 0.2) is 29.1 Å². The number of hydrogen-bond donors (Lipinski definition) is 1. The van der Waals surface area contributed by atoms with Gasteiger partial charge >= 0.3 is 0 Å². The maximum absolute atomic E-state index is 13.4. The Morgan fingerprint density at radius 3 is 2.82 bits per heavy atom. The van der Waals surface area contributed by atoms with Crippen molar-refractivity contribution >= 4 is 10.9 Å². The van der Waals surface area contributed by atoms with Gasteiger partial charge in [0.15, 0.2) is 5.82 Å². The lowest BCUT2D eigenvalue weighted by Crippen LogP contribution is -2.40. The molecule has 2 aliphatic rings. The number of fused-ring (bicyclic) bond motifs is 1. The highest BCUT2D eigenvalue weighted by atomic mass is 16.5. The zero-order valence-electron chi connectivity index (χ0n) is 19.4. The van der Waals surface area contributed by atoms with Crippen molar-refractivity contribution in [3.05, 3.63) is 46.0 Å². The van der Waals surface area contributed by atoms with Crippen LogP contribution in [0, 0.1) is 0 Å². The Bertz CT molecular complexity index is 1150. The SMILES string of the molecule is COc1ccc2cc([C@H](c3nnnn3C[C@@H]3CCCO3)N(C)C3CCCCC3)c(=O)[nH]c2c1. The zero-order chi connectivity index (χ0) is 22.8. The number of nitrogens with zero attached hydrogens (tertiary/aromatic N) is 5. The van der Waals surface area contributed by atoms with Crippen LogP contribution in [-0.4, -0.2) is 63.0 Å². The van der Waals surface area contributed by atoms with Crippen LogP contribution in [-0.2, 0) is 11.3 Å². The highest BCUT2D eigenvalue weighted by Crippen LogP contribution is 2.33. The van der Waals surface area contributed by atoms with Gasteiger partial charge in [-0.15, -0.1) is 5.10 Å². The number of nitrogens with one attached hydrogen (secondary N) is 1. The summed E-state index contributed by atoms with van der Waals surface area (Å²) < 4.78 is 13.0. The average molecular weight is 453 g/mol. The third-order valence-electron chi connectivity index (χ3n) is 7.14. The van der Waals surface area contributed by atoms with E-state index < -0.39 is 0 Å². The van der Waals surface area contributed by atoms with Crippen molar-refractivity contribution in [2.24, 2.45) is 0 Å². The van der Waals surface area contributed by atoms with Crippen LogP contribution in [0.3, 0.4) is 0 Å². The summed E-state index contributed by atoms with van der Waals surface area (Å²) >= 11 is 0. The molecule has 176 valence electrons. The molecule has 9 heteroatoms. The largest absolute Gasteiger partial charge is 0.497 e. The standard InChI is InChI=1S/C24H32N6O3/c1-29(17-7-4-3-5-8-17)22(23-26-27-28-30(23)15-19-9-6-12-33-19)20-13-16-10-11-18(32-2)14-21(16)25-24(20)31/h10-11,13-14,17,19,22H,3-9,12,15H2,1-2H3,(H,25,31)/t19-,22+/m0/s1. The predicted molar refractivity (Wildman–Crippen MR) is 124 cm³/mol. The van der Waals surface area contributed by atoms with Gasteiger partial charge in [-0.05, 0) is 66.7 Å². The smallest absolute Gasteiger partial charge is 0.253 e. The molecule has 0 radical (unpaired) electrons. The number of tetrazole rings is 1. The molecule has 3 aromatic rings. The first kappa shape index (κ1) is 22.0. The monoisotopic (exact) mass is 452 g/mol. The van der Waals surface area contributed by atoms with E-state index in [2.05, 4.69) is 32.5 Å². The maximum Gasteiger partial charge on any atom is 0.253 e. The fourth-order valence-electron chi connectivity index (χ4n) is 5.29. The van der Waals surface area contributed by atoms with Crippen LogP contribution < -0.4 is 10.3 Å². The molecule has 9 nitrogen and oxygen atoms in total. The second-order valence-corrected chi connectivity index (χ2v) is 9.22. The van der Waals surface area contributed by atoms with Gasteiger partial charge in [-0.25, -0.2) is 4.68 Å². The van der Waals surface area contributed by atoms with E-state index in [1.165, 1.54) is 19.3 Å². The number of methoxy groups -OCH3 is 1. The Hall–Kier alpha value is -2.78. The van der Waals surface area contributed by atoms with Crippen molar-refractivity contribution in [2.45, 2.75) is 69.7 Å². The number of aromatic amines is 1. The number of pyridine rings is 1. The lowest BCUT2D eigenvalue weighted by atomic mass is 9.92. The quantitative estimate of drug-likeness (QED) is 0.588. The van der Waals surface area contributed by atoms with Crippen LogP contribution in [0.4, 0.5) is 0 Å². The van der Waals surface area contributed by atoms with Gasteiger partial charge in [0.05, 0.1) is 25.3 Å². The molecule has 3 heterocycles. The fraction of sp³-hybridized carbons (Fsp3) is 0.583. The van der Waals surface area contributed by atoms with Gasteiger partial charge in [0.1, 0.15) is 11.8 Å². The second kappa shape index (κ2) is 9.61. The van der Waals surface area contributed by atoms with Gasteiger partial charge in [0.25, 0.3) is 5.56 Å². The van der Waals surface area contributed by atoms with E-state index in [0.717, 1.165) is 43.2 Å². The van der Waals surface area contributed by atoms with E-state index in [-0.39, 0.29) is 17.7 Å². The van der Waals surface area contributed by atoms with Crippen molar-refractivity contribution in [3.8, 4) is 5.75 Å². The summed E-state index contributed by atoms with van der Waals surface area (Å²) in [4.78, 5) is 18.8. The normalized spacial score (nSPS) is 20.5. The molecule has 1 saturated carbocycles. The Kier molecular flexibility index (Phi) is 6.41. The summed E-state index contributed by atoms with van der Waals surface area (Å²) in [7, 11) is 3.72. The van der Waals surface area contributed by atoms with E-state index in [9.17, 15) is 4.79 Å². The molecule has 1 saturated heterocycles. The maximum atomic E-state index is 13.4. The first-order valence-corrected chi connectivity index (χ1v) is 11.9. The number of rotatable bonds is 7. The van der Waals surface area contributed by atoms with Crippen LogP contribution in [0.1, 0.15) is 62.4 Å². The first-order chi connectivity index (χ1) is 16.1. The summed E-state index contributed by atoms with van der Waals surface area (Å²) in [6, 6.07) is 7.74. The van der Waals surface area contributed by atoms with E-state index in [1.807, 2.05) is 28.9 Å². The number of H-pyrrole nitrogens is 1. The van der Waals surface area contributed by atoms with E-state index in [1.54, 1.807) is 7.11 Å². The summed E-state index contributed by atoms with van der Waals surface area (Å²) in [6.07, 6.45) is 8.07. The zero-order valence-corrected chi connectivity index (χ0v) is 19.4. The fourth-order valence-corrected chi connectivity index (χ4v) is 5.29. The number of benzene rings is 1. The van der Waals surface area contributed by atoms with E-state index >= 15 is 0 Å². The lowest BCUT2D eigenvalue weighted by molar-refractivity contribution is 0.0894. The van der Waals surface area contributed by atoms with Gasteiger partial charge in [-0.2, -0.15) is 0 Å². The van der Waals surface area contributed by atoms with E-state index in [0.29, 0.717) is 29.7 Å². The summed E-state index contributed by atoms with van der Waals surface area (Å²) in [6.45, 7) is 1.38. The van der Waals surface area contributed by atoms with Gasteiger partial charge in [0.2, 0.25) is 0 Å². The van der Waals surface area contributed by atoms with E-state index in [4.69, 9.17) is 9.47 Å². The minimum Gasteiger partial charge on any atom is -0.497 e. The number of aromatic nitrogens is 5. The molecule has 5 rings (SSSR count). The van der Waals surface area contributed by atoms with Gasteiger partial charge in [-0.3, -0.25) is 9.69 Å². The van der Waals surface area contributed by atoms with Gasteiger partial charge in [-0.1, -0.05) is 19.3 Å². The third-order valence-corrected chi connectivity index (χ3v) is 7.14. The van der Waals surface area contributed by atoms with Crippen LogP contribution in [0.2, 0.25) is 0 Å². The Labute approximate surface area is 193 Å². The summed E-state index contributed by atoms with van der Waals surface area (Å²) in [5.41, 5.74) is 1.28. The van der Waals surface area contributed by atoms with Crippen molar-refractivity contribution in [1.29, 1.82) is 0 Å². The molecule has 2 atom stereocenters. The van der Waals surface area contributed by atoms with Crippen LogP contribution in [0.25, 0.3) is 10.9 Å². The van der Waals surface area contributed by atoms with Crippen molar-refractivity contribution in [3.63, 3.8) is 0 Å². The van der Waals surface area contributed by atoms with Crippen molar-refractivity contribution < 1.29 is 9.47 Å². The minimum absolute atomic E-state index is 0.107. The molecule has 1 N–H and O–H groups in total. The molecule has 33 heavy (non-hydrogen) atoms. The minimum atomic E-state index is -0.347. The highest BCUT2D eigenvalue weighted by molar-refractivity contribution is 5.80. The van der Waals surface area contributed by atoms with Crippen LogP contribution in [0.5, 0.6) is 5.75 Å². The second-order valence-electron chi connectivity index (χ2n) is 9.22. The van der Waals surface area contributed by atoms with Gasteiger partial charge < -0.3 is 14.5 Å². The van der Waals surface area contributed by atoms with Crippen LogP contribution >= 0.6 is 0 Å². The topological polar surface area (TPSA) is 98.2 Å². The average Bonchev–Trinajstić information content (AvgIpc) is 3.52. The molecular weight excluding hydrogens is 420 g/mol. The van der Waals surface area contributed by atoms with Crippen molar-refractivity contribution in [1.82, 2.24) is 30.1 Å². The predicted octanol–water partition coefficient (Wildman–Crippen LogP) is 3.06. The number of ether oxygens (including phenoxy) is 2. The Morgan fingerprint density at radius 1 is 1.21 bits per heavy atom. The first-order valence-electron chi connectivity index (χ1n) is 11.9. The molecule has 0 unspecified atom stereocenters. The molecule has 1 aromatic carbocycles. The van der Waals surface area contributed by atoms with Gasteiger partial charge in [0, 0.05) is 24.3 Å². The summed E-state index contributed by atoms with van der Waals surface area (Å²) in [5, 5.41) is 13.7. The molecule has 0 spiro atoms. The highest BCUT2D eigenvalue weighted by Gasteiger charge is 2.33. The Morgan fingerprint density at radius 2 is 2.06 bits per heavy atom. The third kappa shape index (κ3) is 4.52. The molecule has 0 bridgehead atoms. The molecule has 2 aromatic heterocycles. The molecule has 1 aliphatic heterocycles. The molecule has 1 aliphatic carbocycles. The molecule has 2 fully saturated rings. The number of hydrogen-bond acceptors (Lipinski definition) is 7. The Balaban J connectivity index is 1.58. The molecular formula is C24H32N6O3. The molecule has 0 amide bonds.